The van der Waals surface area contributed by atoms with Crippen molar-refractivity contribution in [3.63, 3.8) is 0 Å². The molecule has 0 spiro atoms. The molecule has 0 N–H and O–H groups in total. The first-order valence-corrected chi connectivity index (χ1v) is 6.95. The van der Waals surface area contributed by atoms with Gasteiger partial charge in [-0.1, -0.05) is 23.7 Å². The minimum absolute atomic E-state index is 0.0142. The van der Waals surface area contributed by atoms with E-state index >= 15 is 0 Å². The molecule has 0 aromatic heterocycles. The number of nitrogens with zero attached hydrogens (tertiary/aromatic N) is 1. The summed E-state index contributed by atoms with van der Waals surface area (Å²) in [6.45, 7) is 0.367. The summed E-state index contributed by atoms with van der Waals surface area (Å²) in [5.74, 6) is 0. The van der Waals surface area contributed by atoms with Crippen molar-refractivity contribution in [3.05, 3.63) is 34.3 Å². The van der Waals surface area contributed by atoms with Crippen molar-refractivity contribution in [2.75, 3.05) is 13.1 Å². The second-order valence-electron chi connectivity index (χ2n) is 5.56. The van der Waals surface area contributed by atoms with Gasteiger partial charge < -0.3 is 0 Å². The Morgan fingerprint density at radius 3 is 2.23 bits per heavy atom. The SMILES string of the molecule is Cc1c(Cl)cccc1CN1CCC(C(F)(F)F)(C(F)(F)F)C1. The maximum absolute atomic E-state index is 13.0. The van der Waals surface area contributed by atoms with Crippen LogP contribution in [0.4, 0.5) is 26.3 Å². The molecule has 1 fully saturated rings. The minimum Gasteiger partial charge on any atom is -0.298 e. The molecule has 1 aromatic carbocycles. The predicted molar refractivity (Wildman–Crippen MR) is 70.6 cm³/mol. The topological polar surface area (TPSA) is 3.24 Å². The summed E-state index contributed by atoms with van der Waals surface area (Å²) in [6.07, 6.45) is -11.6. The van der Waals surface area contributed by atoms with Crippen LogP contribution in [0.2, 0.25) is 5.02 Å². The van der Waals surface area contributed by atoms with Gasteiger partial charge in [0.2, 0.25) is 0 Å². The van der Waals surface area contributed by atoms with E-state index < -0.39 is 30.7 Å². The molecule has 0 bridgehead atoms. The predicted octanol–water partition coefficient (Wildman–Crippen LogP) is 4.97. The molecule has 0 radical (unpaired) electrons. The Hall–Kier alpha value is -0.950. The highest BCUT2D eigenvalue weighted by atomic mass is 35.5. The van der Waals surface area contributed by atoms with Gasteiger partial charge in [0, 0.05) is 18.1 Å². The highest BCUT2D eigenvalue weighted by Gasteiger charge is 2.72. The Morgan fingerprint density at radius 1 is 1.14 bits per heavy atom. The fraction of sp³-hybridized carbons (Fsp3) is 0.571. The van der Waals surface area contributed by atoms with Crippen LogP contribution in [-0.2, 0) is 6.54 Å². The Balaban J connectivity index is 2.23. The third-order valence-electron chi connectivity index (χ3n) is 4.21. The smallest absolute Gasteiger partial charge is 0.298 e. The molecule has 0 unspecified atom stereocenters. The zero-order valence-electron chi connectivity index (χ0n) is 11.7. The van der Waals surface area contributed by atoms with Crippen LogP contribution in [-0.4, -0.2) is 30.3 Å². The molecule has 0 amide bonds. The molecule has 2 rings (SSSR count). The highest BCUT2D eigenvalue weighted by Crippen LogP contribution is 2.55. The number of hydrogen-bond acceptors (Lipinski definition) is 1. The first kappa shape index (κ1) is 17.4. The number of likely N-dealkylation sites (tertiary alicyclic amines) is 1. The summed E-state index contributed by atoms with van der Waals surface area (Å²) >= 11 is 5.92. The molecule has 1 saturated heterocycles. The van der Waals surface area contributed by atoms with E-state index in [0.717, 1.165) is 0 Å². The van der Waals surface area contributed by atoms with E-state index in [9.17, 15) is 26.3 Å². The van der Waals surface area contributed by atoms with Crippen molar-refractivity contribution < 1.29 is 26.3 Å². The van der Waals surface area contributed by atoms with Crippen LogP contribution >= 0.6 is 11.6 Å². The van der Waals surface area contributed by atoms with Gasteiger partial charge in [-0.05, 0) is 37.1 Å². The number of rotatable bonds is 2. The van der Waals surface area contributed by atoms with Gasteiger partial charge in [0.1, 0.15) is 0 Å². The molecule has 8 heteroatoms. The van der Waals surface area contributed by atoms with Gasteiger partial charge in [0.05, 0.1) is 0 Å². The van der Waals surface area contributed by atoms with E-state index in [1.165, 1.54) is 4.90 Å². The fourth-order valence-corrected chi connectivity index (χ4v) is 2.91. The third kappa shape index (κ3) is 2.93. The fourth-order valence-electron chi connectivity index (χ4n) is 2.71. The molecule has 1 heterocycles. The Kier molecular flexibility index (Phi) is 4.43. The quantitative estimate of drug-likeness (QED) is 0.684. The molecule has 0 aliphatic carbocycles. The Bertz CT molecular complexity index is 537. The first-order valence-electron chi connectivity index (χ1n) is 6.58. The maximum Gasteiger partial charge on any atom is 0.404 e. The molecular weight excluding hydrogens is 332 g/mol. The summed E-state index contributed by atoms with van der Waals surface area (Å²) in [6, 6.07) is 4.91. The van der Waals surface area contributed by atoms with Gasteiger partial charge in [-0.3, -0.25) is 4.90 Å². The van der Waals surface area contributed by atoms with Crippen LogP contribution in [0.25, 0.3) is 0 Å². The highest BCUT2D eigenvalue weighted by molar-refractivity contribution is 6.31. The van der Waals surface area contributed by atoms with Crippen molar-refractivity contribution in [1.29, 1.82) is 0 Å². The van der Waals surface area contributed by atoms with Crippen molar-refractivity contribution in [2.45, 2.75) is 32.2 Å². The lowest BCUT2D eigenvalue weighted by molar-refractivity contribution is -0.335. The second-order valence-corrected chi connectivity index (χ2v) is 5.97. The van der Waals surface area contributed by atoms with Crippen molar-refractivity contribution in [2.24, 2.45) is 5.41 Å². The average molecular weight is 346 g/mol. The van der Waals surface area contributed by atoms with Crippen molar-refractivity contribution >= 4 is 11.6 Å². The van der Waals surface area contributed by atoms with Crippen LogP contribution in [0, 0.1) is 12.3 Å². The zero-order valence-corrected chi connectivity index (χ0v) is 12.4. The van der Waals surface area contributed by atoms with E-state index in [4.69, 9.17) is 11.6 Å². The van der Waals surface area contributed by atoms with Crippen LogP contribution < -0.4 is 0 Å². The zero-order chi connectivity index (χ0) is 16.8. The van der Waals surface area contributed by atoms with Crippen molar-refractivity contribution in [3.8, 4) is 0 Å². The third-order valence-corrected chi connectivity index (χ3v) is 4.62. The molecule has 1 aromatic rings. The van der Waals surface area contributed by atoms with Gasteiger partial charge in [0.15, 0.2) is 5.41 Å². The van der Waals surface area contributed by atoms with E-state index in [1.54, 1.807) is 25.1 Å². The molecule has 1 aliphatic heterocycles. The minimum atomic E-state index is -5.32. The molecule has 0 saturated carbocycles. The van der Waals surface area contributed by atoms with Gasteiger partial charge in [-0.25, -0.2) is 0 Å². The normalized spacial score (nSPS) is 19.6. The summed E-state index contributed by atoms with van der Waals surface area (Å²) in [7, 11) is 0. The number of hydrogen-bond donors (Lipinski definition) is 0. The van der Waals surface area contributed by atoms with Crippen LogP contribution in [0.1, 0.15) is 17.5 Å². The number of halogens is 7. The molecule has 1 nitrogen and oxygen atoms in total. The van der Waals surface area contributed by atoms with Crippen LogP contribution in [0.5, 0.6) is 0 Å². The van der Waals surface area contributed by atoms with Crippen molar-refractivity contribution in [1.82, 2.24) is 4.90 Å². The lowest BCUT2D eigenvalue weighted by atomic mass is 9.85. The largest absolute Gasteiger partial charge is 0.404 e. The number of benzene rings is 1. The summed E-state index contributed by atoms with van der Waals surface area (Å²) in [5, 5.41) is 0.439. The van der Waals surface area contributed by atoms with E-state index in [0.29, 0.717) is 16.1 Å². The summed E-state index contributed by atoms with van der Waals surface area (Å²) in [5.41, 5.74) is -2.35. The van der Waals surface area contributed by atoms with E-state index in [2.05, 4.69) is 0 Å². The standard InChI is InChI=1S/C14H14ClF6N/c1-9-10(3-2-4-11(9)15)7-22-6-5-12(8-22,13(16,17)18)14(19,20)21/h2-4H,5-8H2,1H3. The Morgan fingerprint density at radius 2 is 1.73 bits per heavy atom. The van der Waals surface area contributed by atoms with Gasteiger partial charge in [-0.15, -0.1) is 0 Å². The lowest BCUT2D eigenvalue weighted by Crippen LogP contribution is -2.51. The first-order chi connectivity index (χ1) is 9.98. The maximum atomic E-state index is 13.0. The molecule has 124 valence electrons. The Labute approximate surface area is 128 Å². The molecule has 1 aliphatic rings. The van der Waals surface area contributed by atoms with E-state index in [1.807, 2.05) is 0 Å². The lowest BCUT2D eigenvalue weighted by Gasteiger charge is -2.33. The van der Waals surface area contributed by atoms with Gasteiger partial charge in [0.25, 0.3) is 0 Å². The number of alkyl halides is 6. The van der Waals surface area contributed by atoms with Gasteiger partial charge >= 0.3 is 12.4 Å². The summed E-state index contributed by atoms with van der Waals surface area (Å²) < 4.78 is 78.0. The molecule has 22 heavy (non-hydrogen) atoms. The summed E-state index contributed by atoms with van der Waals surface area (Å²) in [4.78, 5) is 1.18. The molecule has 0 atom stereocenters. The van der Waals surface area contributed by atoms with E-state index in [-0.39, 0.29) is 13.1 Å². The second kappa shape index (κ2) is 5.60. The molecular formula is C14H14ClF6N. The van der Waals surface area contributed by atoms with Crippen LogP contribution in [0.3, 0.4) is 0 Å². The monoisotopic (exact) mass is 345 g/mol. The van der Waals surface area contributed by atoms with Gasteiger partial charge in [-0.2, -0.15) is 26.3 Å². The van der Waals surface area contributed by atoms with Crippen LogP contribution in [0.15, 0.2) is 18.2 Å². The average Bonchev–Trinajstić information content (AvgIpc) is 2.79.